The molecule has 8 heteroatoms. The summed E-state index contributed by atoms with van der Waals surface area (Å²) in [5.74, 6) is 0.564. The van der Waals surface area contributed by atoms with Crippen molar-refractivity contribution < 1.29 is 0 Å². The van der Waals surface area contributed by atoms with E-state index in [-0.39, 0.29) is 5.56 Å². The van der Waals surface area contributed by atoms with Gasteiger partial charge >= 0.3 is 0 Å². The molecule has 3 aromatic carbocycles. The van der Waals surface area contributed by atoms with Gasteiger partial charge < -0.3 is 5.32 Å². The molecule has 0 amide bonds. The van der Waals surface area contributed by atoms with Crippen LogP contribution in [0.3, 0.4) is 0 Å². The summed E-state index contributed by atoms with van der Waals surface area (Å²) in [4.78, 5) is 18.4. The van der Waals surface area contributed by atoms with Crippen LogP contribution in [-0.2, 0) is 6.42 Å². The molecule has 1 N–H and O–H groups in total. The van der Waals surface area contributed by atoms with E-state index in [1.54, 1.807) is 35.8 Å². The Kier molecular flexibility index (Phi) is 6.44. The van der Waals surface area contributed by atoms with Crippen LogP contribution in [0.2, 0.25) is 10.0 Å². The number of thiocarbonyl (C=S) groups is 1. The highest BCUT2D eigenvalue weighted by atomic mass is 79.9. The number of para-hydroxylation sites is 1. The molecule has 0 bridgehead atoms. The second kappa shape index (κ2) is 9.09. The van der Waals surface area contributed by atoms with E-state index >= 15 is 0 Å². The second-order valence-electron chi connectivity index (χ2n) is 6.96. The molecule has 1 heterocycles. The van der Waals surface area contributed by atoms with E-state index in [4.69, 9.17) is 35.4 Å². The SMILES string of the molecule is Cc1nc2c(Cl)cccc2c(=O)n1-c1cccc(CC(=S)Nc2ccc(Cl)c(Br)c2)c1. The molecule has 4 rings (SSSR count). The van der Waals surface area contributed by atoms with Crippen molar-refractivity contribution in [3.05, 3.63) is 96.9 Å². The van der Waals surface area contributed by atoms with E-state index in [1.807, 2.05) is 36.4 Å². The van der Waals surface area contributed by atoms with Crippen LogP contribution in [0, 0.1) is 6.92 Å². The third-order valence-electron chi connectivity index (χ3n) is 4.75. The lowest BCUT2D eigenvalue weighted by Gasteiger charge is -2.13. The fraction of sp³-hybridized carbons (Fsp3) is 0.0870. The van der Waals surface area contributed by atoms with Gasteiger partial charge in [0.2, 0.25) is 0 Å². The molecule has 0 aliphatic carbocycles. The van der Waals surface area contributed by atoms with Crippen molar-refractivity contribution in [2.75, 3.05) is 5.32 Å². The molecule has 1 aromatic heterocycles. The Balaban J connectivity index is 1.64. The van der Waals surface area contributed by atoms with Crippen LogP contribution >= 0.6 is 51.3 Å². The number of nitrogens with zero attached hydrogens (tertiary/aromatic N) is 2. The highest BCUT2D eigenvalue weighted by molar-refractivity contribution is 9.10. The number of rotatable bonds is 4. The van der Waals surface area contributed by atoms with Gasteiger partial charge in [-0.2, -0.15) is 0 Å². The molecule has 0 saturated carbocycles. The Morgan fingerprint density at radius 3 is 2.65 bits per heavy atom. The first-order valence-corrected chi connectivity index (χ1v) is 11.3. The Bertz CT molecular complexity index is 1390. The van der Waals surface area contributed by atoms with Crippen molar-refractivity contribution in [2.24, 2.45) is 0 Å². The van der Waals surface area contributed by atoms with Gasteiger partial charge in [0.15, 0.2) is 0 Å². The van der Waals surface area contributed by atoms with Crippen LogP contribution in [-0.4, -0.2) is 14.5 Å². The average molecular weight is 533 g/mol. The number of hydrogen-bond acceptors (Lipinski definition) is 3. The monoisotopic (exact) mass is 531 g/mol. The summed E-state index contributed by atoms with van der Waals surface area (Å²) in [6, 6.07) is 18.5. The average Bonchev–Trinajstić information content (AvgIpc) is 2.72. The fourth-order valence-corrected chi connectivity index (χ4v) is 4.35. The van der Waals surface area contributed by atoms with Gasteiger partial charge in [0.25, 0.3) is 5.56 Å². The van der Waals surface area contributed by atoms with Crippen LogP contribution < -0.4 is 10.9 Å². The Morgan fingerprint density at radius 2 is 1.87 bits per heavy atom. The number of aryl methyl sites for hydroxylation is 1. The highest BCUT2D eigenvalue weighted by Crippen LogP contribution is 2.26. The second-order valence-corrected chi connectivity index (χ2v) is 9.12. The largest absolute Gasteiger partial charge is 0.350 e. The zero-order valence-corrected chi connectivity index (χ0v) is 20.2. The summed E-state index contributed by atoms with van der Waals surface area (Å²) in [6.45, 7) is 1.79. The lowest BCUT2D eigenvalue weighted by molar-refractivity contribution is 0.893. The highest BCUT2D eigenvalue weighted by Gasteiger charge is 2.12. The number of anilines is 1. The predicted octanol–water partition coefficient (Wildman–Crippen LogP) is 6.75. The quantitative estimate of drug-likeness (QED) is 0.295. The molecule has 0 unspecified atom stereocenters. The van der Waals surface area contributed by atoms with E-state index in [0.717, 1.165) is 21.4 Å². The third-order valence-corrected chi connectivity index (χ3v) is 6.52. The summed E-state index contributed by atoms with van der Waals surface area (Å²) in [5, 5.41) is 4.80. The molecule has 0 aliphatic heterocycles. The molecule has 0 atom stereocenters. The molecule has 0 radical (unpaired) electrons. The van der Waals surface area contributed by atoms with Crippen molar-refractivity contribution in [1.29, 1.82) is 0 Å². The lowest BCUT2D eigenvalue weighted by atomic mass is 10.1. The van der Waals surface area contributed by atoms with Gasteiger partial charge in [-0.05, 0) is 70.9 Å². The van der Waals surface area contributed by atoms with Gasteiger partial charge in [-0.3, -0.25) is 9.36 Å². The topological polar surface area (TPSA) is 46.9 Å². The maximum absolute atomic E-state index is 13.1. The summed E-state index contributed by atoms with van der Waals surface area (Å²) >= 11 is 21.2. The molecular weight excluding hydrogens is 517 g/mol. The number of fused-ring (bicyclic) bond motifs is 1. The summed E-state index contributed by atoms with van der Waals surface area (Å²) in [6.07, 6.45) is 0.518. The van der Waals surface area contributed by atoms with Crippen LogP contribution in [0.5, 0.6) is 0 Å². The van der Waals surface area contributed by atoms with E-state index in [0.29, 0.717) is 38.2 Å². The maximum atomic E-state index is 13.1. The van der Waals surface area contributed by atoms with Gasteiger partial charge in [-0.15, -0.1) is 0 Å². The molecule has 0 aliphatic rings. The van der Waals surface area contributed by atoms with Crippen LogP contribution in [0.15, 0.2) is 69.9 Å². The minimum absolute atomic E-state index is 0.158. The molecule has 0 fully saturated rings. The first-order chi connectivity index (χ1) is 14.8. The molecule has 0 saturated heterocycles. The Hall–Kier alpha value is -2.25. The fourth-order valence-electron chi connectivity index (χ4n) is 3.35. The Labute approximate surface area is 203 Å². The van der Waals surface area contributed by atoms with E-state index in [2.05, 4.69) is 26.2 Å². The first-order valence-electron chi connectivity index (χ1n) is 9.35. The van der Waals surface area contributed by atoms with Crippen molar-refractivity contribution in [1.82, 2.24) is 9.55 Å². The molecule has 31 heavy (non-hydrogen) atoms. The maximum Gasteiger partial charge on any atom is 0.266 e. The standard InChI is InChI=1S/C23H16BrCl2N3OS/c1-13-27-22-17(6-3-7-20(22)26)23(30)29(13)16-5-2-4-14(10-16)11-21(31)28-15-8-9-19(25)18(24)12-15/h2-10,12H,11H2,1H3,(H,28,31). The van der Waals surface area contributed by atoms with E-state index < -0.39 is 0 Å². The van der Waals surface area contributed by atoms with Crippen molar-refractivity contribution in [3.63, 3.8) is 0 Å². The van der Waals surface area contributed by atoms with Gasteiger partial charge in [-0.1, -0.05) is 53.6 Å². The molecule has 4 aromatic rings. The van der Waals surface area contributed by atoms with Crippen molar-refractivity contribution >= 4 is 72.9 Å². The van der Waals surface area contributed by atoms with E-state index in [1.165, 1.54) is 0 Å². The van der Waals surface area contributed by atoms with Gasteiger partial charge in [0, 0.05) is 16.6 Å². The zero-order valence-electron chi connectivity index (χ0n) is 16.3. The molecular formula is C23H16BrCl2N3OS. The number of aromatic nitrogens is 2. The summed E-state index contributed by atoms with van der Waals surface area (Å²) < 4.78 is 2.39. The molecule has 156 valence electrons. The molecule has 0 spiro atoms. The van der Waals surface area contributed by atoms with Crippen LogP contribution in [0.1, 0.15) is 11.4 Å². The zero-order chi connectivity index (χ0) is 22.1. The van der Waals surface area contributed by atoms with E-state index in [9.17, 15) is 4.79 Å². The van der Waals surface area contributed by atoms with Crippen molar-refractivity contribution in [3.8, 4) is 5.69 Å². The van der Waals surface area contributed by atoms with Gasteiger partial charge in [0.1, 0.15) is 5.82 Å². The summed E-state index contributed by atoms with van der Waals surface area (Å²) in [7, 11) is 0. The number of nitrogens with one attached hydrogen (secondary N) is 1. The minimum atomic E-state index is -0.158. The predicted molar refractivity (Wildman–Crippen MR) is 136 cm³/mol. The minimum Gasteiger partial charge on any atom is -0.350 e. The number of hydrogen-bond donors (Lipinski definition) is 1. The Morgan fingerprint density at radius 1 is 1.10 bits per heavy atom. The van der Waals surface area contributed by atoms with Gasteiger partial charge in [-0.25, -0.2) is 4.98 Å². The van der Waals surface area contributed by atoms with Crippen LogP contribution in [0.25, 0.3) is 16.6 Å². The van der Waals surface area contributed by atoms with Crippen molar-refractivity contribution in [2.45, 2.75) is 13.3 Å². The third kappa shape index (κ3) is 4.67. The number of benzene rings is 3. The number of halogens is 3. The normalized spacial score (nSPS) is 11.0. The molecule has 4 nitrogen and oxygen atoms in total. The van der Waals surface area contributed by atoms with Crippen LogP contribution in [0.4, 0.5) is 5.69 Å². The first kappa shape index (κ1) is 22.0. The summed E-state index contributed by atoms with van der Waals surface area (Å²) in [5.41, 5.74) is 2.90. The smallest absolute Gasteiger partial charge is 0.266 e. The lowest BCUT2D eigenvalue weighted by Crippen LogP contribution is -2.22. The van der Waals surface area contributed by atoms with Gasteiger partial charge in [0.05, 0.1) is 31.6 Å².